The van der Waals surface area contributed by atoms with Crippen LogP contribution in [0.3, 0.4) is 0 Å². The number of likely N-dealkylation sites (tertiary alicyclic amines) is 1. The Morgan fingerprint density at radius 2 is 2.22 bits per heavy atom. The van der Waals surface area contributed by atoms with E-state index in [-0.39, 0.29) is 5.91 Å². The standard InChI is InChI=1S/C10H18N6OS/c1-7(17)12-8-2-4-16(5-3-8)6-9-14-15-10(13-11)18-9/h8H,2-6,11H2,1H3,(H,12,17)(H,13,15). The predicted molar refractivity (Wildman–Crippen MR) is 69.8 cm³/mol. The van der Waals surface area contributed by atoms with Crippen LogP contribution in [-0.4, -0.2) is 40.1 Å². The van der Waals surface area contributed by atoms with Gasteiger partial charge in [-0.05, 0) is 12.8 Å². The molecule has 2 heterocycles. The number of nitrogens with two attached hydrogens (primary N) is 1. The van der Waals surface area contributed by atoms with E-state index in [1.807, 2.05) is 0 Å². The van der Waals surface area contributed by atoms with Crippen LogP contribution in [0.1, 0.15) is 24.8 Å². The second kappa shape index (κ2) is 6.07. The van der Waals surface area contributed by atoms with Crippen LogP contribution in [0.15, 0.2) is 0 Å². The first-order valence-corrected chi connectivity index (χ1v) is 6.77. The molecule has 1 fully saturated rings. The summed E-state index contributed by atoms with van der Waals surface area (Å²) in [5.74, 6) is 5.32. The largest absolute Gasteiger partial charge is 0.354 e. The molecule has 18 heavy (non-hydrogen) atoms. The zero-order chi connectivity index (χ0) is 13.0. The molecule has 0 radical (unpaired) electrons. The summed E-state index contributed by atoms with van der Waals surface area (Å²) in [5, 5.41) is 12.5. The summed E-state index contributed by atoms with van der Waals surface area (Å²) in [6.07, 6.45) is 1.97. The van der Waals surface area contributed by atoms with Crippen molar-refractivity contribution < 1.29 is 4.79 Å². The van der Waals surface area contributed by atoms with E-state index in [0.29, 0.717) is 11.2 Å². The number of carbonyl (C=O) groups is 1. The highest BCUT2D eigenvalue weighted by Crippen LogP contribution is 2.18. The third kappa shape index (κ3) is 3.62. The molecule has 0 atom stereocenters. The van der Waals surface area contributed by atoms with Crippen molar-refractivity contribution in [2.75, 3.05) is 18.5 Å². The normalized spacial score (nSPS) is 17.7. The van der Waals surface area contributed by atoms with Gasteiger partial charge in [0.1, 0.15) is 5.01 Å². The molecule has 7 nitrogen and oxygen atoms in total. The third-order valence-corrected chi connectivity index (χ3v) is 3.78. The first-order chi connectivity index (χ1) is 8.67. The smallest absolute Gasteiger partial charge is 0.219 e. The van der Waals surface area contributed by atoms with Crippen LogP contribution in [0.2, 0.25) is 0 Å². The number of carbonyl (C=O) groups excluding carboxylic acids is 1. The Hall–Kier alpha value is -1.25. The minimum Gasteiger partial charge on any atom is -0.354 e. The summed E-state index contributed by atoms with van der Waals surface area (Å²) < 4.78 is 0. The average molecular weight is 270 g/mol. The van der Waals surface area contributed by atoms with E-state index in [2.05, 4.69) is 25.8 Å². The van der Waals surface area contributed by atoms with Crippen LogP contribution < -0.4 is 16.6 Å². The first kappa shape index (κ1) is 13.2. The molecule has 4 N–H and O–H groups in total. The molecule has 8 heteroatoms. The SMILES string of the molecule is CC(=O)NC1CCN(Cc2nnc(NN)s2)CC1. The van der Waals surface area contributed by atoms with Gasteiger partial charge in [0, 0.05) is 26.1 Å². The van der Waals surface area contributed by atoms with Crippen molar-refractivity contribution in [2.24, 2.45) is 5.84 Å². The van der Waals surface area contributed by atoms with Gasteiger partial charge in [0.15, 0.2) is 0 Å². The number of nitrogens with one attached hydrogen (secondary N) is 2. The molecule has 1 aliphatic rings. The van der Waals surface area contributed by atoms with Gasteiger partial charge in [-0.1, -0.05) is 11.3 Å². The number of aromatic nitrogens is 2. The number of hydrazine groups is 1. The van der Waals surface area contributed by atoms with Crippen molar-refractivity contribution in [1.82, 2.24) is 20.4 Å². The fraction of sp³-hybridized carbons (Fsp3) is 0.700. The highest BCUT2D eigenvalue weighted by atomic mass is 32.1. The number of piperidine rings is 1. The van der Waals surface area contributed by atoms with Crippen LogP contribution in [0.4, 0.5) is 5.13 Å². The van der Waals surface area contributed by atoms with Gasteiger partial charge in [0.2, 0.25) is 11.0 Å². The Morgan fingerprint density at radius 1 is 1.50 bits per heavy atom. The summed E-state index contributed by atoms with van der Waals surface area (Å²) in [4.78, 5) is 13.3. The van der Waals surface area contributed by atoms with E-state index in [1.54, 1.807) is 6.92 Å². The Bertz CT molecular complexity index is 401. The maximum Gasteiger partial charge on any atom is 0.219 e. The fourth-order valence-corrected chi connectivity index (χ4v) is 2.78. The lowest BCUT2D eigenvalue weighted by Crippen LogP contribution is -2.43. The van der Waals surface area contributed by atoms with Crippen molar-refractivity contribution in [2.45, 2.75) is 32.4 Å². The number of anilines is 1. The molecule has 1 aromatic rings. The van der Waals surface area contributed by atoms with Crippen molar-refractivity contribution in [3.05, 3.63) is 5.01 Å². The highest BCUT2D eigenvalue weighted by molar-refractivity contribution is 7.15. The summed E-state index contributed by atoms with van der Waals surface area (Å²) in [5.41, 5.74) is 2.49. The van der Waals surface area contributed by atoms with E-state index in [9.17, 15) is 4.79 Å². The Labute approximate surface area is 110 Å². The molecule has 0 bridgehead atoms. The fourth-order valence-electron chi connectivity index (χ4n) is 2.09. The van der Waals surface area contributed by atoms with Gasteiger partial charge in [-0.2, -0.15) is 0 Å². The molecule has 2 rings (SSSR count). The van der Waals surface area contributed by atoms with Crippen molar-refractivity contribution >= 4 is 22.4 Å². The summed E-state index contributed by atoms with van der Waals surface area (Å²) in [6, 6.07) is 0.314. The molecular weight excluding hydrogens is 252 g/mol. The molecule has 0 aliphatic carbocycles. The van der Waals surface area contributed by atoms with Gasteiger partial charge in [-0.25, -0.2) is 5.84 Å². The topological polar surface area (TPSA) is 96.2 Å². The number of hydrogen-bond donors (Lipinski definition) is 3. The molecule has 0 spiro atoms. The minimum atomic E-state index is 0.0521. The second-order valence-electron chi connectivity index (χ2n) is 4.40. The van der Waals surface area contributed by atoms with Crippen LogP contribution in [0.5, 0.6) is 0 Å². The monoisotopic (exact) mass is 270 g/mol. The number of nitrogen functional groups attached to an aromatic ring is 1. The van der Waals surface area contributed by atoms with Gasteiger partial charge < -0.3 is 5.32 Å². The minimum absolute atomic E-state index is 0.0521. The average Bonchev–Trinajstić information content (AvgIpc) is 2.79. The summed E-state index contributed by atoms with van der Waals surface area (Å²) in [7, 11) is 0. The first-order valence-electron chi connectivity index (χ1n) is 5.96. The van der Waals surface area contributed by atoms with E-state index in [1.165, 1.54) is 11.3 Å². The van der Waals surface area contributed by atoms with E-state index < -0.39 is 0 Å². The van der Waals surface area contributed by atoms with Crippen molar-refractivity contribution in [3.63, 3.8) is 0 Å². The zero-order valence-corrected chi connectivity index (χ0v) is 11.2. The van der Waals surface area contributed by atoms with Crippen molar-refractivity contribution in [1.29, 1.82) is 0 Å². The van der Waals surface area contributed by atoms with E-state index in [4.69, 9.17) is 5.84 Å². The molecule has 1 aliphatic heterocycles. The van der Waals surface area contributed by atoms with E-state index in [0.717, 1.165) is 37.5 Å². The predicted octanol–water partition coefficient (Wildman–Crippen LogP) is -0.0758. The van der Waals surface area contributed by atoms with Gasteiger partial charge in [0.05, 0.1) is 6.54 Å². The van der Waals surface area contributed by atoms with Gasteiger partial charge in [0.25, 0.3) is 0 Å². The van der Waals surface area contributed by atoms with Gasteiger partial charge in [-0.15, -0.1) is 10.2 Å². The van der Waals surface area contributed by atoms with Crippen molar-refractivity contribution in [3.8, 4) is 0 Å². The highest BCUT2D eigenvalue weighted by Gasteiger charge is 2.20. The Morgan fingerprint density at radius 3 is 2.78 bits per heavy atom. The van der Waals surface area contributed by atoms with Gasteiger partial charge in [-0.3, -0.25) is 15.1 Å². The van der Waals surface area contributed by atoms with Gasteiger partial charge >= 0.3 is 0 Å². The molecule has 1 aromatic heterocycles. The lowest BCUT2D eigenvalue weighted by molar-refractivity contribution is -0.119. The van der Waals surface area contributed by atoms with Crippen LogP contribution in [0, 0.1) is 0 Å². The lowest BCUT2D eigenvalue weighted by Gasteiger charge is -2.31. The number of rotatable bonds is 4. The Kier molecular flexibility index (Phi) is 4.45. The third-order valence-electron chi connectivity index (χ3n) is 2.94. The molecule has 0 aromatic carbocycles. The number of hydrogen-bond acceptors (Lipinski definition) is 7. The van der Waals surface area contributed by atoms with E-state index >= 15 is 0 Å². The molecule has 0 saturated carbocycles. The molecule has 100 valence electrons. The maximum absolute atomic E-state index is 11.0. The van der Waals surface area contributed by atoms with Crippen LogP contribution in [-0.2, 0) is 11.3 Å². The lowest BCUT2D eigenvalue weighted by atomic mass is 10.1. The Balaban J connectivity index is 1.78. The van der Waals surface area contributed by atoms with Crippen LogP contribution >= 0.6 is 11.3 Å². The summed E-state index contributed by atoms with van der Waals surface area (Å²) >= 11 is 1.47. The molecule has 1 amide bonds. The number of amides is 1. The molecule has 0 unspecified atom stereocenters. The zero-order valence-electron chi connectivity index (χ0n) is 10.3. The van der Waals surface area contributed by atoms with Crippen LogP contribution in [0.25, 0.3) is 0 Å². The second-order valence-corrected chi connectivity index (χ2v) is 5.46. The molecule has 1 saturated heterocycles. The summed E-state index contributed by atoms with van der Waals surface area (Å²) in [6.45, 7) is 4.30. The molecular formula is C10H18N6OS. The maximum atomic E-state index is 11.0. The quantitative estimate of drug-likeness (QED) is 0.523. The number of nitrogens with zero attached hydrogens (tertiary/aromatic N) is 3.